The van der Waals surface area contributed by atoms with E-state index >= 15 is 0 Å². The van der Waals surface area contributed by atoms with Crippen molar-refractivity contribution in [2.75, 3.05) is 6.61 Å². The molecule has 2 aromatic heterocycles. The van der Waals surface area contributed by atoms with Crippen LogP contribution in [0.2, 0.25) is 0 Å². The summed E-state index contributed by atoms with van der Waals surface area (Å²) in [6, 6.07) is 15.4. The zero-order valence-electron chi connectivity index (χ0n) is 13.6. The number of hydrogen-bond donors (Lipinski definition) is 0. The lowest BCUT2D eigenvalue weighted by molar-refractivity contribution is 0.0729. The van der Waals surface area contributed by atoms with Gasteiger partial charge in [-0.1, -0.05) is 6.07 Å². The number of carbonyl (C=O) groups excluding carboxylic acids is 1. The van der Waals surface area contributed by atoms with Crippen LogP contribution in [-0.2, 0) is 0 Å². The third kappa shape index (κ3) is 4.32. The highest BCUT2D eigenvalue weighted by molar-refractivity contribution is 5.93. The van der Waals surface area contributed by atoms with Gasteiger partial charge in [0.1, 0.15) is 17.1 Å². The molecule has 0 unspecified atom stereocenters. The van der Waals surface area contributed by atoms with E-state index in [1.54, 1.807) is 54.9 Å². The summed E-state index contributed by atoms with van der Waals surface area (Å²) in [4.78, 5) is 20.4. The largest absolute Gasteiger partial charge is 0.477 e. The van der Waals surface area contributed by atoms with Gasteiger partial charge in [-0.2, -0.15) is 0 Å². The van der Waals surface area contributed by atoms with Crippen LogP contribution in [0.3, 0.4) is 0 Å². The Hall–Kier alpha value is -3.41. The van der Waals surface area contributed by atoms with Crippen LogP contribution in [0.1, 0.15) is 17.3 Å². The zero-order valence-corrected chi connectivity index (χ0v) is 13.6. The molecule has 1 aromatic carbocycles. The number of aromatic nitrogens is 2. The van der Waals surface area contributed by atoms with Crippen LogP contribution in [-0.4, -0.2) is 22.5 Å². The highest BCUT2D eigenvalue weighted by atomic mass is 16.5. The molecule has 0 bridgehead atoms. The third-order valence-corrected chi connectivity index (χ3v) is 3.17. The molecule has 3 aromatic rings. The molecule has 126 valence electrons. The Morgan fingerprint density at radius 3 is 2.40 bits per heavy atom. The van der Waals surface area contributed by atoms with Gasteiger partial charge in [0.2, 0.25) is 11.8 Å². The number of benzene rings is 1. The molecule has 0 atom stereocenters. The van der Waals surface area contributed by atoms with Gasteiger partial charge in [-0.15, -0.1) is 0 Å². The van der Waals surface area contributed by atoms with Gasteiger partial charge in [-0.3, -0.25) is 0 Å². The van der Waals surface area contributed by atoms with Crippen molar-refractivity contribution in [1.82, 2.24) is 9.97 Å². The van der Waals surface area contributed by atoms with Crippen LogP contribution in [0.25, 0.3) is 0 Å². The van der Waals surface area contributed by atoms with Gasteiger partial charge in [0, 0.05) is 18.5 Å². The fraction of sp³-hybridized carbons (Fsp3) is 0.105. The van der Waals surface area contributed by atoms with E-state index in [1.165, 1.54) is 0 Å². The molecule has 0 spiro atoms. The topological polar surface area (TPSA) is 70.5 Å². The van der Waals surface area contributed by atoms with Crippen LogP contribution in [0.4, 0.5) is 0 Å². The summed E-state index contributed by atoms with van der Waals surface area (Å²) < 4.78 is 16.3. The molecule has 0 aliphatic heterocycles. The van der Waals surface area contributed by atoms with Gasteiger partial charge in [-0.25, -0.2) is 14.8 Å². The Bertz CT molecular complexity index is 836. The number of carbonyl (C=O) groups is 1. The summed E-state index contributed by atoms with van der Waals surface area (Å²) >= 11 is 0. The molecule has 0 aliphatic rings. The maximum atomic E-state index is 12.3. The molecule has 0 saturated carbocycles. The van der Waals surface area contributed by atoms with Gasteiger partial charge in [0.15, 0.2) is 0 Å². The molecule has 6 nitrogen and oxygen atoms in total. The molecule has 3 rings (SSSR count). The van der Waals surface area contributed by atoms with E-state index in [1.807, 2.05) is 19.1 Å². The lowest BCUT2D eigenvalue weighted by atomic mass is 10.2. The number of rotatable bonds is 6. The van der Waals surface area contributed by atoms with Gasteiger partial charge in [-0.05, 0) is 49.4 Å². The Morgan fingerprint density at radius 2 is 1.68 bits per heavy atom. The number of ether oxygens (including phenoxy) is 3. The normalized spacial score (nSPS) is 10.1. The molecular formula is C19H16N2O4. The summed E-state index contributed by atoms with van der Waals surface area (Å²) in [6.07, 6.45) is 3.21. The lowest BCUT2D eigenvalue weighted by Crippen LogP contribution is -2.11. The van der Waals surface area contributed by atoms with Gasteiger partial charge >= 0.3 is 5.97 Å². The summed E-state index contributed by atoms with van der Waals surface area (Å²) in [5.41, 5.74) is 0.276. The van der Waals surface area contributed by atoms with E-state index in [4.69, 9.17) is 14.2 Å². The van der Waals surface area contributed by atoms with Crippen LogP contribution < -0.4 is 14.2 Å². The second-order valence-electron chi connectivity index (χ2n) is 4.92. The molecule has 0 radical (unpaired) electrons. The third-order valence-electron chi connectivity index (χ3n) is 3.17. The zero-order chi connectivity index (χ0) is 17.5. The quantitative estimate of drug-likeness (QED) is 0.502. The highest BCUT2D eigenvalue weighted by Gasteiger charge is 2.15. The van der Waals surface area contributed by atoms with Crippen LogP contribution in [0, 0.1) is 0 Å². The van der Waals surface area contributed by atoms with Crippen LogP contribution in [0.5, 0.6) is 23.3 Å². The van der Waals surface area contributed by atoms with Crippen molar-refractivity contribution in [1.29, 1.82) is 0 Å². The number of nitrogens with zero attached hydrogens (tertiary/aromatic N) is 2. The molecule has 0 amide bonds. The molecule has 0 N–H and O–H groups in total. The molecule has 0 aliphatic carbocycles. The van der Waals surface area contributed by atoms with Crippen molar-refractivity contribution in [3.63, 3.8) is 0 Å². The van der Waals surface area contributed by atoms with Crippen molar-refractivity contribution >= 4 is 5.97 Å². The van der Waals surface area contributed by atoms with E-state index in [-0.39, 0.29) is 11.4 Å². The second kappa shape index (κ2) is 7.92. The van der Waals surface area contributed by atoms with Crippen molar-refractivity contribution in [2.45, 2.75) is 6.92 Å². The monoisotopic (exact) mass is 336 g/mol. The SMILES string of the molecule is CCOc1ncccc1C(=O)Oc1ccc(Oc2ccccn2)cc1. The van der Waals surface area contributed by atoms with Crippen molar-refractivity contribution in [3.8, 4) is 23.3 Å². The standard InChI is InChI=1S/C19H16N2O4/c1-2-23-18-16(6-5-13-21-18)19(22)25-15-10-8-14(9-11-15)24-17-7-3-4-12-20-17/h3-13H,2H2,1H3. The van der Waals surface area contributed by atoms with Crippen LogP contribution >= 0.6 is 0 Å². The molecule has 6 heteroatoms. The molecule has 25 heavy (non-hydrogen) atoms. The van der Waals surface area contributed by atoms with Crippen molar-refractivity contribution < 1.29 is 19.0 Å². The Kier molecular flexibility index (Phi) is 5.21. The fourth-order valence-electron chi connectivity index (χ4n) is 2.06. The second-order valence-corrected chi connectivity index (χ2v) is 4.92. The van der Waals surface area contributed by atoms with E-state index in [0.717, 1.165) is 0 Å². The minimum absolute atomic E-state index is 0.255. The molecule has 0 fully saturated rings. The predicted octanol–water partition coefficient (Wildman–Crippen LogP) is 3.89. The average molecular weight is 336 g/mol. The summed E-state index contributed by atoms with van der Waals surface area (Å²) in [6.45, 7) is 2.24. The maximum absolute atomic E-state index is 12.3. The van der Waals surface area contributed by atoms with Gasteiger partial charge in [0.25, 0.3) is 0 Å². The average Bonchev–Trinajstić information content (AvgIpc) is 2.65. The predicted molar refractivity (Wildman–Crippen MR) is 91.1 cm³/mol. The maximum Gasteiger partial charge on any atom is 0.349 e. The highest BCUT2D eigenvalue weighted by Crippen LogP contribution is 2.23. The smallest absolute Gasteiger partial charge is 0.349 e. The first-order valence-electron chi connectivity index (χ1n) is 7.75. The Balaban J connectivity index is 1.68. The Morgan fingerprint density at radius 1 is 0.920 bits per heavy atom. The number of hydrogen-bond acceptors (Lipinski definition) is 6. The Labute approximate surface area is 145 Å². The summed E-state index contributed by atoms with van der Waals surface area (Å²) in [5, 5.41) is 0. The minimum atomic E-state index is -0.532. The summed E-state index contributed by atoms with van der Waals surface area (Å²) in [5.74, 6) is 1.20. The van der Waals surface area contributed by atoms with E-state index < -0.39 is 5.97 Å². The van der Waals surface area contributed by atoms with Crippen LogP contribution in [0.15, 0.2) is 67.0 Å². The molecule has 0 saturated heterocycles. The minimum Gasteiger partial charge on any atom is -0.477 e. The first kappa shape index (κ1) is 16.4. The van der Waals surface area contributed by atoms with E-state index in [0.29, 0.717) is 24.0 Å². The number of pyridine rings is 2. The van der Waals surface area contributed by atoms with Crippen molar-refractivity contribution in [2.24, 2.45) is 0 Å². The summed E-state index contributed by atoms with van der Waals surface area (Å²) in [7, 11) is 0. The van der Waals surface area contributed by atoms with Gasteiger partial charge in [0.05, 0.1) is 6.61 Å². The molecule has 2 heterocycles. The fourth-order valence-corrected chi connectivity index (χ4v) is 2.06. The van der Waals surface area contributed by atoms with E-state index in [9.17, 15) is 4.79 Å². The lowest BCUT2D eigenvalue weighted by Gasteiger charge is -2.09. The van der Waals surface area contributed by atoms with E-state index in [2.05, 4.69) is 9.97 Å². The number of esters is 1. The van der Waals surface area contributed by atoms with Gasteiger partial charge < -0.3 is 14.2 Å². The van der Waals surface area contributed by atoms with Crippen molar-refractivity contribution in [3.05, 3.63) is 72.6 Å². The first-order chi connectivity index (χ1) is 12.3. The molecular weight excluding hydrogens is 320 g/mol. The first-order valence-corrected chi connectivity index (χ1v) is 7.75.